The summed E-state index contributed by atoms with van der Waals surface area (Å²) in [4.78, 5) is 44.8. The summed E-state index contributed by atoms with van der Waals surface area (Å²) < 4.78 is 7.78. The fourth-order valence-electron chi connectivity index (χ4n) is 8.46. The standard InChI is InChI=1S/C37H46N8O4/c1-24-19-45(29-20-49-21-29)25(2)18-44(24)28-7-8-33(39-17-28)40-31-16-37(23-46,22-41(3)36(31)48)26-9-11-38-34(14-26)43-13-10-32-30(35(43)47)15-27-6-4-5-12-42(27)32/h7-9,11,14-17,24-25,29,46H,4-6,10,12-13,18-23H2,1-3H3,(H,39,40)/t24-,25+,37?/m0/s1. The zero-order chi connectivity index (χ0) is 33.9. The monoisotopic (exact) mass is 666 g/mol. The lowest BCUT2D eigenvalue weighted by atomic mass is 9.78. The summed E-state index contributed by atoms with van der Waals surface area (Å²) >= 11 is 0. The van der Waals surface area contributed by atoms with Crippen LogP contribution in [0.4, 0.5) is 17.3 Å². The summed E-state index contributed by atoms with van der Waals surface area (Å²) in [5.41, 5.74) is 4.43. The van der Waals surface area contributed by atoms with Gasteiger partial charge in [-0.15, -0.1) is 0 Å². The van der Waals surface area contributed by atoms with E-state index in [0.29, 0.717) is 42.0 Å². The topological polar surface area (TPSA) is 119 Å². The second-order valence-corrected chi connectivity index (χ2v) is 14.5. The summed E-state index contributed by atoms with van der Waals surface area (Å²) in [6, 6.07) is 11.0. The van der Waals surface area contributed by atoms with E-state index in [4.69, 9.17) is 9.72 Å². The average molecular weight is 667 g/mol. The first-order valence-corrected chi connectivity index (χ1v) is 17.7. The van der Waals surface area contributed by atoms with Crippen LogP contribution < -0.4 is 15.1 Å². The molecule has 0 spiro atoms. The number of fused-ring (bicyclic) bond motifs is 3. The Bertz CT molecular complexity index is 1780. The van der Waals surface area contributed by atoms with Crippen molar-refractivity contribution in [3.8, 4) is 0 Å². The Kier molecular flexibility index (Phi) is 8.20. The maximum Gasteiger partial charge on any atom is 0.269 e. The summed E-state index contributed by atoms with van der Waals surface area (Å²) in [5, 5.41) is 14.2. The van der Waals surface area contributed by atoms with Crippen LogP contribution in [-0.2, 0) is 34.3 Å². The van der Waals surface area contributed by atoms with E-state index in [9.17, 15) is 14.7 Å². The number of ether oxygens (including phenoxy) is 1. The number of aryl methyl sites for hydroxylation is 1. The smallest absolute Gasteiger partial charge is 0.269 e. The molecule has 3 aromatic rings. The fourth-order valence-corrected chi connectivity index (χ4v) is 8.46. The molecule has 12 heteroatoms. The molecule has 8 heterocycles. The number of likely N-dealkylation sites (N-methyl/N-ethyl adjacent to an activating group) is 1. The molecule has 0 bridgehead atoms. The Morgan fingerprint density at radius 2 is 1.86 bits per heavy atom. The molecular formula is C37H46N8O4. The Hall–Kier alpha value is -4.26. The lowest BCUT2D eigenvalue weighted by Gasteiger charge is -2.50. The highest BCUT2D eigenvalue weighted by atomic mass is 16.5. The second kappa shape index (κ2) is 12.6. The number of aliphatic hydroxyl groups is 1. The van der Waals surface area contributed by atoms with Crippen LogP contribution in [0, 0.1) is 0 Å². The van der Waals surface area contributed by atoms with Crippen LogP contribution in [0.2, 0.25) is 0 Å². The maximum absolute atomic E-state index is 13.8. The third-order valence-corrected chi connectivity index (χ3v) is 11.3. The highest BCUT2D eigenvalue weighted by Crippen LogP contribution is 2.36. The van der Waals surface area contributed by atoms with Gasteiger partial charge >= 0.3 is 0 Å². The number of anilines is 3. The zero-order valence-corrected chi connectivity index (χ0v) is 28.6. The van der Waals surface area contributed by atoms with Crippen molar-refractivity contribution in [2.45, 2.75) is 69.6 Å². The SMILES string of the molecule is C[C@@H]1CN(c2ccc(NC3=CC(CO)(c4ccnc(N5CCc6c(cc7n6CCCC7)C5=O)c4)CN(C)C3=O)nc2)[C@@H](C)CN1C1COC1. The van der Waals surface area contributed by atoms with E-state index in [-0.39, 0.29) is 25.0 Å². The van der Waals surface area contributed by atoms with Gasteiger partial charge in [0.1, 0.15) is 17.3 Å². The van der Waals surface area contributed by atoms with E-state index in [0.717, 1.165) is 81.0 Å². The highest BCUT2D eigenvalue weighted by molar-refractivity contribution is 6.07. The van der Waals surface area contributed by atoms with Crippen molar-refractivity contribution in [3.63, 3.8) is 0 Å². The lowest BCUT2D eigenvalue weighted by Crippen LogP contribution is -2.63. The third-order valence-electron chi connectivity index (χ3n) is 11.3. The van der Waals surface area contributed by atoms with E-state index in [1.807, 2.05) is 30.5 Å². The molecule has 3 aromatic heterocycles. The number of hydrogen-bond acceptors (Lipinski definition) is 9. The number of carbonyl (C=O) groups excluding carboxylic acids is 2. The van der Waals surface area contributed by atoms with Crippen LogP contribution >= 0.6 is 0 Å². The van der Waals surface area contributed by atoms with Crippen LogP contribution in [0.1, 0.15) is 54.0 Å². The molecule has 258 valence electrons. The number of carbonyl (C=O) groups is 2. The molecule has 5 aliphatic heterocycles. The van der Waals surface area contributed by atoms with E-state index in [2.05, 4.69) is 50.6 Å². The molecule has 0 aliphatic carbocycles. The lowest BCUT2D eigenvalue weighted by molar-refractivity contribution is -0.127. The molecule has 2 amide bonds. The van der Waals surface area contributed by atoms with Gasteiger partial charge in [0.25, 0.3) is 11.8 Å². The molecule has 0 radical (unpaired) electrons. The molecule has 12 nitrogen and oxygen atoms in total. The van der Waals surface area contributed by atoms with E-state index < -0.39 is 5.41 Å². The Morgan fingerprint density at radius 1 is 1.00 bits per heavy atom. The minimum atomic E-state index is -0.904. The van der Waals surface area contributed by atoms with Gasteiger partial charge in [0, 0.05) is 75.9 Å². The Balaban J connectivity index is 1.02. The van der Waals surface area contributed by atoms with Gasteiger partial charge in [0.15, 0.2) is 0 Å². The number of rotatable bonds is 7. The van der Waals surface area contributed by atoms with Crippen molar-refractivity contribution in [1.82, 2.24) is 24.3 Å². The molecule has 2 N–H and O–H groups in total. The van der Waals surface area contributed by atoms with Gasteiger partial charge in [-0.3, -0.25) is 19.4 Å². The van der Waals surface area contributed by atoms with Gasteiger partial charge in [0.2, 0.25) is 0 Å². The number of pyridine rings is 2. The summed E-state index contributed by atoms with van der Waals surface area (Å²) in [6.07, 6.45) is 9.46. The predicted molar refractivity (Wildman–Crippen MR) is 187 cm³/mol. The van der Waals surface area contributed by atoms with Gasteiger partial charge in [0.05, 0.1) is 48.7 Å². The van der Waals surface area contributed by atoms with Gasteiger partial charge in [-0.25, -0.2) is 9.97 Å². The first-order chi connectivity index (χ1) is 23.7. The van der Waals surface area contributed by atoms with Gasteiger partial charge in [-0.2, -0.15) is 0 Å². The number of aliphatic hydroxyl groups excluding tert-OH is 1. The summed E-state index contributed by atoms with van der Waals surface area (Å²) in [5.74, 6) is 0.888. The molecule has 2 fully saturated rings. The Morgan fingerprint density at radius 3 is 2.61 bits per heavy atom. The van der Waals surface area contributed by atoms with Crippen LogP contribution in [0.3, 0.4) is 0 Å². The first kappa shape index (κ1) is 32.0. The Labute approximate surface area is 287 Å². The van der Waals surface area contributed by atoms with Crippen molar-refractivity contribution in [1.29, 1.82) is 0 Å². The van der Waals surface area contributed by atoms with Crippen molar-refractivity contribution < 1.29 is 19.4 Å². The summed E-state index contributed by atoms with van der Waals surface area (Å²) in [7, 11) is 1.74. The largest absolute Gasteiger partial charge is 0.395 e. The molecule has 1 unspecified atom stereocenters. The van der Waals surface area contributed by atoms with Crippen molar-refractivity contribution in [3.05, 3.63) is 77.0 Å². The van der Waals surface area contributed by atoms with Crippen molar-refractivity contribution in [2.75, 3.05) is 68.2 Å². The van der Waals surface area contributed by atoms with E-state index >= 15 is 0 Å². The minimum Gasteiger partial charge on any atom is -0.395 e. The highest BCUT2D eigenvalue weighted by Gasteiger charge is 2.40. The normalized spacial score (nSPS) is 26.3. The van der Waals surface area contributed by atoms with Gasteiger partial charge in [-0.05, 0) is 75.1 Å². The molecule has 5 aliphatic rings. The number of nitrogens with zero attached hydrogens (tertiary/aromatic N) is 7. The molecule has 2 saturated heterocycles. The number of hydrogen-bond donors (Lipinski definition) is 2. The average Bonchev–Trinajstić information content (AvgIpc) is 3.48. The molecule has 0 saturated carbocycles. The second-order valence-electron chi connectivity index (χ2n) is 14.5. The van der Waals surface area contributed by atoms with E-state index in [1.165, 1.54) is 5.69 Å². The molecule has 8 rings (SSSR count). The fraction of sp³-hybridized carbons (Fsp3) is 0.514. The zero-order valence-electron chi connectivity index (χ0n) is 28.6. The number of nitrogens with one attached hydrogen (secondary N) is 1. The molecule has 49 heavy (non-hydrogen) atoms. The van der Waals surface area contributed by atoms with Crippen LogP contribution in [0.25, 0.3) is 0 Å². The molecular weight excluding hydrogens is 620 g/mol. The predicted octanol–water partition coefficient (Wildman–Crippen LogP) is 2.81. The number of piperazine rings is 1. The first-order valence-electron chi connectivity index (χ1n) is 17.7. The van der Waals surface area contributed by atoms with E-state index in [1.54, 1.807) is 23.0 Å². The third kappa shape index (κ3) is 5.59. The van der Waals surface area contributed by atoms with Gasteiger partial charge < -0.3 is 29.5 Å². The number of aromatic nitrogens is 3. The quantitative estimate of drug-likeness (QED) is 0.393. The van der Waals surface area contributed by atoms with Crippen LogP contribution in [0.5, 0.6) is 0 Å². The number of amides is 2. The van der Waals surface area contributed by atoms with Crippen LogP contribution in [-0.4, -0.2) is 112 Å². The molecule has 3 atom stereocenters. The van der Waals surface area contributed by atoms with Crippen LogP contribution in [0.15, 0.2) is 54.5 Å². The van der Waals surface area contributed by atoms with Gasteiger partial charge in [-0.1, -0.05) is 0 Å². The maximum atomic E-state index is 13.8. The summed E-state index contributed by atoms with van der Waals surface area (Å²) in [6.45, 7) is 9.61. The minimum absolute atomic E-state index is 0.0344. The molecule has 0 aromatic carbocycles. The van der Waals surface area contributed by atoms with Crippen molar-refractivity contribution >= 4 is 29.1 Å². The van der Waals surface area contributed by atoms with Crippen molar-refractivity contribution in [2.24, 2.45) is 0 Å².